The fourth-order valence-electron chi connectivity index (χ4n) is 1.59. The number of aromatic nitrogens is 1. The molecule has 1 aliphatic rings. The number of nitrogens with zero attached hydrogens (tertiary/aromatic N) is 2. The molecule has 0 atom stereocenters. The van der Waals surface area contributed by atoms with Crippen LogP contribution in [0, 0.1) is 18.3 Å². The fraction of sp³-hybridized carbons (Fsp3) is 0.385. The van der Waals surface area contributed by atoms with Crippen molar-refractivity contribution < 1.29 is 4.79 Å². The third kappa shape index (κ3) is 2.60. The highest BCUT2D eigenvalue weighted by Gasteiger charge is 2.27. The molecule has 1 aromatic heterocycles. The molecule has 0 saturated heterocycles. The van der Waals surface area contributed by atoms with Crippen LogP contribution in [0.4, 0.5) is 0 Å². The molecule has 0 N–H and O–H groups in total. The van der Waals surface area contributed by atoms with Gasteiger partial charge in [-0.25, -0.2) is 0 Å². The van der Waals surface area contributed by atoms with Crippen LogP contribution in [0.15, 0.2) is 24.4 Å². The summed E-state index contributed by atoms with van der Waals surface area (Å²) in [7, 11) is 0. The summed E-state index contributed by atoms with van der Waals surface area (Å²) < 4.78 is 0. The zero-order valence-electron chi connectivity index (χ0n) is 9.10. The zero-order chi connectivity index (χ0) is 11.4. The van der Waals surface area contributed by atoms with Crippen molar-refractivity contribution in [1.29, 1.82) is 0 Å². The van der Waals surface area contributed by atoms with E-state index < -0.39 is 0 Å². The lowest BCUT2D eigenvalue weighted by Crippen LogP contribution is -2.33. The second kappa shape index (κ2) is 4.80. The van der Waals surface area contributed by atoms with Gasteiger partial charge in [-0.2, -0.15) is 0 Å². The Labute approximate surface area is 95.5 Å². The van der Waals surface area contributed by atoms with E-state index in [2.05, 4.69) is 10.9 Å². The van der Waals surface area contributed by atoms with Crippen LogP contribution < -0.4 is 0 Å². The fourth-order valence-corrected chi connectivity index (χ4v) is 1.59. The summed E-state index contributed by atoms with van der Waals surface area (Å²) in [6.07, 6.45) is 9.31. The Morgan fingerprint density at radius 3 is 2.94 bits per heavy atom. The van der Waals surface area contributed by atoms with Crippen LogP contribution in [-0.4, -0.2) is 28.9 Å². The third-order valence-electron chi connectivity index (χ3n) is 2.63. The molecule has 1 aromatic rings. The van der Waals surface area contributed by atoms with E-state index in [1.807, 2.05) is 6.07 Å². The van der Waals surface area contributed by atoms with Crippen LogP contribution in [-0.2, 0) is 0 Å². The maximum atomic E-state index is 12.1. The van der Waals surface area contributed by atoms with Gasteiger partial charge in [0.1, 0.15) is 5.69 Å². The van der Waals surface area contributed by atoms with Crippen LogP contribution in [0.5, 0.6) is 0 Å². The van der Waals surface area contributed by atoms with E-state index in [9.17, 15) is 4.79 Å². The molecule has 1 saturated carbocycles. The summed E-state index contributed by atoms with van der Waals surface area (Å²) in [5.74, 6) is 3.10. The highest BCUT2D eigenvalue weighted by atomic mass is 16.2. The van der Waals surface area contributed by atoms with Gasteiger partial charge >= 0.3 is 0 Å². The molecule has 3 heteroatoms. The van der Waals surface area contributed by atoms with Crippen molar-refractivity contribution in [2.24, 2.45) is 5.92 Å². The van der Waals surface area contributed by atoms with Gasteiger partial charge in [0.05, 0.1) is 6.54 Å². The van der Waals surface area contributed by atoms with E-state index in [4.69, 9.17) is 6.42 Å². The van der Waals surface area contributed by atoms with Crippen molar-refractivity contribution in [3.63, 3.8) is 0 Å². The number of hydrogen-bond acceptors (Lipinski definition) is 2. The van der Waals surface area contributed by atoms with Crippen LogP contribution in [0.1, 0.15) is 23.3 Å². The number of carbonyl (C=O) groups excluding carboxylic acids is 1. The van der Waals surface area contributed by atoms with E-state index in [0.29, 0.717) is 18.2 Å². The Morgan fingerprint density at radius 2 is 2.38 bits per heavy atom. The van der Waals surface area contributed by atoms with Crippen molar-refractivity contribution in [2.45, 2.75) is 12.8 Å². The predicted molar refractivity (Wildman–Crippen MR) is 61.7 cm³/mol. The van der Waals surface area contributed by atoms with Crippen LogP contribution >= 0.6 is 0 Å². The monoisotopic (exact) mass is 214 g/mol. The van der Waals surface area contributed by atoms with Crippen LogP contribution in [0.3, 0.4) is 0 Å². The average Bonchev–Trinajstić information content (AvgIpc) is 3.13. The van der Waals surface area contributed by atoms with Gasteiger partial charge in [0.2, 0.25) is 0 Å². The number of amides is 1. The number of rotatable bonds is 4. The smallest absolute Gasteiger partial charge is 0.273 e. The van der Waals surface area contributed by atoms with Gasteiger partial charge in [0.15, 0.2) is 0 Å². The summed E-state index contributed by atoms with van der Waals surface area (Å²) >= 11 is 0. The molecule has 0 spiro atoms. The quantitative estimate of drug-likeness (QED) is 0.713. The Bertz CT molecular complexity index is 404. The maximum absolute atomic E-state index is 12.1. The largest absolute Gasteiger partial charge is 0.326 e. The average molecular weight is 214 g/mol. The standard InChI is InChI=1S/C13H14N2O/c1-2-9-15(10-11-6-7-11)13(16)12-5-3-4-8-14-12/h1,3-5,8,11H,6-7,9-10H2. The van der Waals surface area contributed by atoms with Crippen molar-refractivity contribution in [3.8, 4) is 12.3 Å². The van der Waals surface area contributed by atoms with Crippen molar-refractivity contribution in [3.05, 3.63) is 30.1 Å². The molecular weight excluding hydrogens is 200 g/mol. The third-order valence-corrected chi connectivity index (χ3v) is 2.63. The maximum Gasteiger partial charge on any atom is 0.273 e. The molecule has 82 valence electrons. The van der Waals surface area contributed by atoms with Crippen molar-refractivity contribution >= 4 is 5.91 Å². The minimum absolute atomic E-state index is 0.0644. The highest BCUT2D eigenvalue weighted by Crippen LogP contribution is 2.29. The van der Waals surface area contributed by atoms with Gasteiger partial charge in [0, 0.05) is 12.7 Å². The Hall–Kier alpha value is -1.82. The molecular formula is C13H14N2O. The second-order valence-electron chi connectivity index (χ2n) is 4.05. The van der Waals surface area contributed by atoms with Gasteiger partial charge in [-0.1, -0.05) is 12.0 Å². The van der Waals surface area contributed by atoms with Gasteiger partial charge < -0.3 is 4.90 Å². The highest BCUT2D eigenvalue weighted by molar-refractivity contribution is 5.92. The first-order chi connectivity index (χ1) is 7.81. The first-order valence-corrected chi connectivity index (χ1v) is 5.45. The van der Waals surface area contributed by atoms with Crippen molar-refractivity contribution in [1.82, 2.24) is 9.88 Å². The van der Waals surface area contributed by atoms with E-state index in [1.54, 1.807) is 23.2 Å². The molecule has 2 rings (SSSR count). The molecule has 16 heavy (non-hydrogen) atoms. The number of pyridine rings is 1. The Kier molecular flexibility index (Phi) is 3.21. The van der Waals surface area contributed by atoms with Crippen molar-refractivity contribution in [2.75, 3.05) is 13.1 Å². The minimum Gasteiger partial charge on any atom is -0.326 e. The molecule has 0 unspecified atom stereocenters. The summed E-state index contributed by atoms with van der Waals surface area (Å²) in [5, 5.41) is 0. The molecule has 0 aliphatic heterocycles. The number of carbonyl (C=O) groups is 1. The van der Waals surface area contributed by atoms with Gasteiger partial charge in [-0.3, -0.25) is 9.78 Å². The second-order valence-corrected chi connectivity index (χ2v) is 4.05. The lowest BCUT2D eigenvalue weighted by Gasteiger charge is -2.19. The van der Waals surface area contributed by atoms with E-state index in [0.717, 1.165) is 6.54 Å². The summed E-state index contributed by atoms with van der Waals surface area (Å²) in [5.41, 5.74) is 0.471. The topological polar surface area (TPSA) is 33.2 Å². The SMILES string of the molecule is C#CCN(CC1CC1)C(=O)c1ccccn1. The zero-order valence-corrected chi connectivity index (χ0v) is 9.10. The molecule has 0 radical (unpaired) electrons. The Balaban J connectivity index is 2.07. The molecule has 3 nitrogen and oxygen atoms in total. The molecule has 1 fully saturated rings. The lowest BCUT2D eigenvalue weighted by atomic mass is 10.3. The molecule has 1 aliphatic carbocycles. The van der Waals surface area contributed by atoms with E-state index in [1.165, 1.54) is 12.8 Å². The molecule has 1 heterocycles. The van der Waals surface area contributed by atoms with Gasteiger partial charge in [-0.15, -0.1) is 6.42 Å². The Morgan fingerprint density at radius 1 is 1.56 bits per heavy atom. The van der Waals surface area contributed by atoms with Crippen LogP contribution in [0.25, 0.3) is 0 Å². The normalized spacial score (nSPS) is 14.2. The number of terminal acetylenes is 1. The molecule has 0 bridgehead atoms. The molecule has 1 amide bonds. The van der Waals surface area contributed by atoms with Gasteiger partial charge in [-0.05, 0) is 30.9 Å². The summed E-state index contributed by atoms with van der Waals surface area (Å²) in [6, 6.07) is 5.33. The molecule has 0 aromatic carbocycles. The lowest BCUT2D eigenvalue weighted by molar-refractivity contribution is 0.0764. The predicted octanol–water partition coefficient (Wildman–Crippen LogP) is 1.57. The first kappa shape index (κ1) is 10.7. The van der Waals surface area contributed by atoms with E-state index in [-0.39, 0.29) is 5.91 Å². The summed E-state index contributed by atoms with van der Waals surface area (Å²) in [4.78, 5) is 17.8. The summed E-state index contributed by atoms with van der Waals surface area (Å²) in [6.45, 7) is 1.13. The number of hydrogen-bond donors (Lipinski definition) is 0. The van der Waals surface area contributed by atoms with E-state index >= 15 is 0 Å². The minimum atomic E-state index is -0.0644. The van der Waals surface area contributed by atoms with Crippen LogP contribution in [0.2, 0.25) is 0 Å². The first-order valence-electron chi connectivity index (χ1n) is 5.45. The van der Waals surface area contributed by atoms with Gasteiger partial charge in [0.25, 0.3) is 5.91 Å².